The van der Waals surface area contributed by atoms with Crippen molar-refractivity contribution in [2.24, 2.45) is 11.8 Å². The van der Waals surface area contributed by atoms with Crippen LogP contribution in [0.1, 0.15) is 28.8 Å². The molecule has 1 fully saturated rings. The van der Waals surface area contributed by atoms with Gasteiger partial charge in [0, 0.05) is 18.0 Å². The van der Waals surface area contributed by atoms with Crippen molar-refractivity contribution in [1.82, 2.24) is 5.32 Å². The molecule has 22 heavy (non-hydrogen) atoms. The van der Waals surface area contributed by atoms with Gasteiger partial charge in [0.15, 0.2) is 0 Å². The number of amides is 1. The lowest BCUT2D eigenvalue weighted by Crippen LogP contribution is -2.45. The number of carbonyl (C=O) groups excluding carboxylic acids is 1. The molecule has 2 bridgehead atoms. The summed E-state index contributed by atoms with van der Waals surface area (Å²) in [6, 6.07) is 5.14. The molecule has 3 aliphatic rings. The normalized spacial score (nSPS) is 31.6. The van der Waals surface area contributed by atoms with E-state index in [-0.39, 0.29) is 18.4 Å². The largest absolute Gasteiger partial charge is 0.491 e. The highest BCUT2D eigenvalue weighted by molar-refractivity contribution is 6.61. The van der Waals surface area contributed by atoms with Gasteiger partial charge in [0.1, 0.15) is 0 Å². The highest BCUT2D eigenvalue weighted by Gasteiger charge is 2.47. The summed E-state index contributed by atoms with van der Waals surface area (Å²) >= 11 is 0. The maximum absolute atomic E-state index is 12.3. The summed E-state index contributed by atoms with van der Waals surface area (Å²) in [5.41, 5.74) is 1.26. The molecule has 1 aromatic carbocycles. The molecule has 3 N–H and O–H groups in total. The monoisotopic (exact) mass is 299 g/mol. The topological polar surface area (TPSA) is 78.8 Å². The number of carbonyl (C=O) groups is 1. The van der Waals surface area contributed by atoms with Gasteiger partial charge in [-0.1, -0.05) is 18.2 Å². The van der Waals surface area contributed by atoms with Gasteiger partial charge in [-0.15, -0.1) is 0 Å². The van der Waals surface area contributed by atoms with Gasteiger partial charge in [-0.25, -0.2) is 0 Å². The molecule has 6 heteroatoms. The van der Waals surface area contributed by atoms with Crippen LogP contribution in [-0.4, -0.2) is 35.3 Å². The summed E-state index contributed by atoms with van der Waals surface area (Å²) in [6.07, 6.45) is 5.93. The van der Waals surface area contributed by atoms with E-state index in [0.717, 1.165) is 18.4 Å². The van der Waals surface area contributed by atoms with Crippen molar-refractivity contribution >= 4 is 18.5 Å². The predicted molar refractivity (Wildman–Crippen MR) is 81.5 cm³/mol. The van der Waals surface area contributed by atoms with E-state index >= 15 is 0 Å². The number of aliphatic hydroxyl groups is 1. The molecule has 0 aromatic heterocycles. The number of allylic oxidation sites excluding steroid dienone is 1. The van der Waals surface area contributed by atoms with Gasteiger partial charge >= 0.3 is 7.12 Å². The van der Waals surface area contributed by atoms with Crippen LogP contribution in [0.3, 0.4) is 0 Å². The minimum Gasteiger partial charge on any atom is -0.423 e. The average molecular weight is 299 g/mol. The van der Waals surface area contributed by atoms with Crippen molar-refractivity contribution in [2.45, 2.75) is 25.0 Å². The van der Waals surface area contributed by atoms with Crippen LogP contribution in [0.15, 0.2) is 30.4 Å². The highest BCUT2D eigenvalue weighted by atomic mass is 16.5. The maximum Gasteiger partial charge on any atom is 0.491 e. The highest BCUT2D eigenvalue weighted by Crippen LogP contribution is 2.45. The summed E-state index contributed by atoms with van der Waals surface area (Å²) in [5.74, 6) is 0.399. The van der Waals surface area contributed by atoms with Crippen LogP contribution >= 0.6 is 0 Å². The summed E-state index contributed by atoms with van der Waals surface area (Å²) in [7, 11) is -0.895. The van der Waals surface area contributed by atoms with E-state index in [9.17, 15) is 14.9 Å². The minimum atomic E-state index is -0.895. The van der Waals surface area contributed by atoms with Crippen LogP contribution in [0.2, 0.25) is 0 Å². The second-order valence-corrected chi connectivity index (χ2v) is 6.55. The molecule has 1 amide bonds. The lowest BCUT2D eigenvalue weighted by atomic mass is 9.79. The molecule has 5 nitrogen and oxygen atoms in total. The third kappa shape index (κ3) is 2.19. The van der Waals surface area contributed by atoms with Gasteiger partial charge < -0.3 is 20.1 Å². The average Bonchev–Trinajstić information content (AvgIpc) is 3.20. The Labute approximate surface area is 129 Å². The summed E-state index contributed by atoms with van der Waals surface area (Å²) < 4.78 is 5.12. The van der Waals surface area contributed by atoms with E-state index in [2.05, 4.69) is 17.5 Å². The van der Waals surface area contributed by atoms with Crippen molar-refractivity contribution in [3.05, 3.63) is 41.5 Å². The van der Waals surface area contributed by atoms with E-state index in [1.807, 2.05) is 0 Å². The van der Waals surface area contributed by atoms with Crippen LogP contribution in [0, 0.1) is 11.8 Å². The van der Waals surface area contributed by atoms with Crippen molar-refractivity contribution in [2.75, 3.05) is 6.54 Å². The minimum absolute atomic E-state index is 0.154. The van der Waals surface area contributed by atoms with Crippen molar-refractivity contribution < 1.29 is 19.6 Å². The Bertz CT molecular complexity index is 662. The Kier molecular flexibility index (Phi) is 3.15. The van der Waals surface area contributed by atoms with Crippen LogP contribution in [0.25, 0.3) is 0 Å². The number of benzene rings is 1. The lowest BCUT2D eigenvalue weighted by molar-refractivity contribution is 0.0154. The van der Waals surface area contributed by atoms with Crippen LogP contribution < -0.4 is 10.8 Å². The van der Waals surface area contributed by atoms with E-state index in [1.54, 1.807) is 18.2 Å². The zero-order valence-electron chi connectivity index (χ0n) is 12.2. The van der Waals surface area contributed by atoms with Gasteiger partial charge in [-0.2, -0.15) is 0 Å². The fourth-order valence-corrected chi connectivity index (χ4v) is 3.84. The first kappa shape index (κ1) is 14.0. The summed E-state index contributed by atoms with van der Waals surface area (Å²) in [4.78, 5) is 12.3. The second-order valence-electron chi connectivity index (χ2n) is 6.55. The molecular weight excluding hydrogens is 281 g/mol. The van der Waals surface area contributed by atoms with Crippen molar-refractivity contribution in [3.63, 3.8) is 0 Å². The van der Waals surface area contributed by atoms with Gasteiger partial charge in [0.25, 0.3) is 5.91 Å². The molecule has 3 unspecified atom stereocenters. The van der Waals surface area contributed by atoms with Gasteiger partial charge in [-0.3, -0.25) is 4.79 Å². The Morgan fingerprint density at radius 3 is 3.05 bits per heavy atom. The van der Waals surface area contributed by atoms with E-state index in [1.165, 1.54) is 0 Å². The third-order valence-electron chi connectivity index (χ3n) is 5.10. The molecule has 1 saturated carbocycles. The maximum atomic E-state index is 12.3. The van der Waals surface area contributed by atoms with E-state index in [4.69, 9.17) is 4.65 Å². The molecule has 114 valence electrons. The quantitative estimate of drug-likeness (QED) is 0.540. The predicted octanol–water partition coefficient (Wildman–Crippen LogP) is -0.0388. The fraction of sp³-hybridized carbons (Fsp3) is 0.438. The molecule has 1 aromatic rings. The zero-order valence-corrected chi connectivity index (χ0v) is 12.2. The molecule has 0 spiro atoms. The lowest BCUT2D eigenvalue weighted by Gasteiger charge is -2.30. The number of hydrogen-bond acceptors (Lipinski definition) is 4. The third-order valence-corrected chi connectivity index (χ3v) is 5.10. The number of hydrogen-bond donors (Lipinski definition) is 3. The Morgan fingerprint density at radius 2 is 2.32 bits per heavy atom. The smallest absolute Gasteiger partial charge is 0.423 e. The standard InChI is InChI=1S/C16H18BNO4/c19-15(11-2-4-14-12(6-11)8-22-17(14)21)18-9-16(20)7-10-1-3-13(16)5-10/h1-4,6,10,13,20-21H,5,7-9H2,(H,18,19). The summed E-state index contributed by atoms with van der Waals surface area (Å²) in [5, 5.41) is 23.1. The number of fused-ring (bicyclic) bond motifs is 3. The second kappa shape index (κ2) is 4.94. The summed E-state index contributed by atoms with van der Waals surface area (Å²) in [6.45, 7) is 0.587. The van der Waals surface area contributed by atoms with E-state index in [0.29, 0.717) is 23.6 Å². The Balaban J connectivity index is 1.44. The Morgan fingerprint density at radius 1 is 1.45 bits per heavy atom. The first-order valence-electron chi connectivity index (χ1n) is 7.66. The first-order chi connectivity index (χ1) is 10.5. The molecule has 2 aliphatic carbocycles. The molecule has 4 rings (SSSR count). The molecule has 1 heterocycles. The number of rotatable bonds is 3. The molecule has 1 aliphatic heterocycles. The van der Waals surface area contributed by atoms with E-state index < -0.39 is 12.7 Å². The van der Waals surface area contributed by atoms with Gasteiger partial charge in [0.05, 0.1) is 12.2 Å². The van der Waals surface area contributed by atoms with Crippen molar-refractivity contribution in [1.29, 1.82) is 0 Å². The molecular formula is C16H18BNO4. The Hall–Kier alpha value is -1.63. The molecule has 0 radical (unpaired) electrons. The van der Waals surface area contributed by atoms with Crippen molar-refractivity contribution in [3.8, 4) is 0 Å². The molecule has 3 atom stereocenters. The SMILES string of the molecule is O=C(NCC1(O)CC2C=CC1C2)c1ccc2c(c1)COB2O. The fourth-order valence-electron chi connectivity index (χ4n) is 3.84. The van der Waals surface area contributed by atoms with Crippen LogP contribution in [0.4, 0.5) is 0 Å². The molecule has 0 saturated heterocycles. The van der Waals surface area contributed by atoms with Crippen LogP contribution in [0.5, 0.6) is 0 Å². The van der Waals surface area contributed by atoms with Gasteiger partial charge in [0.2, 0.25) is 0 Å². The van der Waals surface area contributed by atoms with Crippen LogP contribution in [-0.2, 0) is 11.3 Å². The van der Waals surface area contributed by atoms with Gasteiger partial charge in [-0.05, 0) is 41.9 Å². The number of nitrogens with one attached hydrogen (secondary N) is 1. The first-order valence-corrected chi connectivity index (χ1v) is 7.66. The zero-order chi connectivity index (χ0) is 15.3.